The molecule has 0 aliphatic heterocycles. The number of Topliss-reactive ketones (excluding diaryl/α,β-unsaturated/α-hetero) is 1. The highest BCUT2D eigenvalue weighted by Crippen LogP contribution is 2.28. The van der Waals surface area contributed by atoms with E-state index in [1.165, 1.54) is 20.0 Å². The summed E-state index contributed by atoms with van der Waals surface area (Å²) in [6.45, 7) is 3.06. The predicted molar refractivity (Wildman–Crippen MR) is 57.9 cm³/mol. The van der Waals surface area contributed by atoms with Crippen LogP contribution in [0.15, 0.2) is 0 Å². The summed E-state index contributed by atoms with van der Waals surface area (Å²) in [6.07, 6.45) is 2.64. The molecule has 0 aromatic heterocycles. The maximum absolute atomic E-state index is 11.2. The van der Waals surface area contributed by atoms with Crippen molar-refractivity contribution in [1.29, 1.82) is 0 Å². The Bertz CT molecular complexity index is 192. The van der Waals surface area contributed by atoms with Crippen molar-refractivity contribution in [3.63, 3.8) is 0 Å². The van der Waals surface area contributed by atoms with Crippen LogP contribution in [0, 0.1) is 5.92 Å². The molecule has 0 spiro atoms. The van der Waals surface area contributed by atoms with Gasteiger partial charge in [0.2, 0.25) is 0 Å². The van der Waals surface area contributed by atoms with Gasteiger partial charge in [0, 0.05) is 20.3 Å². The monoisotopic (exact) mass is 215 g/mol. The number of carbonyl (C=O) groups is 1. The maximum Gasteiger partial charge on any atom is 0.172 e. The molecule has 0 amide bonds. The van der Waals surface area contributed by atoms with Gasteiger partial charge in [-0.2, -0.15) is 0 Å². The standard InChI is InChI=1S/C11H21NO3/c1-12(7-11(13)9-14-2)5-6-15-8-10-3-4-10/h10H,3-9H2,1-2H3. The quantitative estimate of drug-likeness (QED) is 0.527. The van der Waals surface area contributed by atoms with Crippen LogP contribution in [0.4, 0.5) is 0 Å². The minimum absolute atomic E-state index is 0.113. The normalized spacial score (nSPS) is 15.9. The number of rotatable bonds is 9. The molecule has 88 valence electrons. The van der Waals surface area contributed by atoms with Gasteiger partial charge in [-0.05, 0) is 25.8 Å². The zero-order valence-corrected chi connectivity index (χ0v) is 9.70. The summed E-state index contributed by atoms with van der Waals surface area (Å²) in [4.78, 5) is 13.2. The number of methoxy groups -OCH3 is 1. The molecule has 1 saturated carbocycles. The summed E-state index contributed by atoms with van der Waals surface area (Å²) >= 11 is 0. The molecule has 0 N–H and O–H groups in total. The van der Waals surface area contributed by atoms with Gasteiger partial charge in [0.15, 0.2) is 5.78 Å². The fraction of sp³-hybridized carbons (Fsp3) is 0.909. The molecular weight excluding hydrogens is 194 g/mol. The van der Waals surface area contributed by atoms with E-state index in [1.54, 1.807) is 0 Å². The lowest BCUT2D eigenvalue weighted by molar-refractivity contribution is -0.123. The number of ketones is 1. The summed E-state index contributed by atoms with van der Waals surface area (Å²) in [5, 5.41) is 0. The summed E-state index contributed by atoms with van der Waals surface area (Å²) in [5.74, 6) is 0.924. The average molecular weight is 215 g/mol. The lowest BCUT2D eigenvalue weighted by Gasteiger charge is -2.15. The van der Waals surface area contributed by atoms with Crippen molar-refractivity contribution in [2.75, 3.05) is 47.1 Å². The van der Waals surface area contributed by atoms with Crippen molar-refractivity contribution in [3.05, 3.63) is 0 Å². The highest BCUT2D eigenvalue weighted by atomic mass is 16.5. The molecule has 1 aliphatic rings. The van der Waals surface area contributed by atoms with E-state index in [0.717, 1.165) is 19.1 Å². The van der Waals surface area contributed by atoms with Gasteiger partial charge in [-0.3, -0.25) is 9.69 Å². The Morgan fingerprint density at radius 3 is 2.80 bits per heavy atom. The van der Waals surface area contributed by atoms with Crippen LogP contribution in [-0.2, 0) is 14.3 Å². The van der Waals surface area contributed by atoms with Crippen LogP contribution in [-0.4, -0.2) is 57.8 Å². The van der Waals surface area contributed by atoms with Crippen LogP contribution in [0.1, 0.15) is 12.8 Å². The van der Waals surface area contributed by atoms with Gasteiger partial charge in [-0.1, -0.05) is 0 Å². The third kappa shape index (κ3) is 6.60. The first kappa shape index (κ1) is 12.6. The van der Waals surface area contributed by atoms with Gasteiger partial charge in [0.25, 0.3) is 0 Å². The maximum atomic E-state index is 11.2. The molecule has 4 heteroatoms. The van der Waals surface area contributed by atoms with E-state index in [1.807, 2.05) is 11.9 Å². The van der Waals surface area contributed by atoms with E-state index in [9.17, 15) is 4.79 Å². The van der Waals surface area contributed by atoms with Crippen molar-refractivity contribution in [1.82, 2.24) is 4.90 Å². The van der Waals surface area contributed by atoms with Crippen LogP contribution in [0.2, 0.25) is 0 Å². The molecule has 15 heavy (non-hydrogen) atoms. The molecule has 0 saturated heterocycles. The molecule has 0 aromatic carbocycles. The van der Waals surface area contributed by atoms with E-state index in [2.05, 4.69) is 0 Å². The SMILES string of the molecule is COCC(=O)CN(C)CCOCC1CC1. The first-order valence-electron chi connectivity index (χ1n) is 5.49. The van der Waals surface area contributed by atoms with Crippen molar-refractivity contribution < 1.29 is 14.3 Å². The van der Waals surface area contributed by atoms with E-state index in [4.69, 9.17) is 9.47 Å². The van der Waals surface area contributed by atoms with Gasteiger partial charge in [0.1, 0.15) is 6.61 Å². The minimum Gasteiger partial charge on any atom is -0.380 e. The number of likely N-dealkylation sites (N-methyl/N-ethyl adjacent to an activating group) is 1. The number of carbonyl (C=O) groups excluding carboxylic acids is 1. The summed E-state index contributed by atoms with van der Waals surface area (Å²) in [5.41, 5.74) is 0. The first-order chi connectivity index (χ1) is 7.22. The number of ether oxygens (including phenoxy) is 2. The van der Waals surface area contributed by atoms with Crippen molar-refractivity contribution in [2.45, 2.75) is 12.8 Å². The topological polar surface area (TPSA) is 38.8 Å². The van der Waals surface area contributed by atoms with Gasteiger partial charge >= 0.3 is 0 Å². The van der Waals surface area contributed by atoms with E-state index < -0.39 is 0 Å². The predicted octanol–water partition coefficient (Wildman–Crippen LogP) is 0.560. The second-order valence-electron chi connectivity index (χ2n) is 4.23. The molecule has 0 radical (unpaired) electrons. The van der Waals surface area contributed by atoms with Crippen LogP contribution in [0.5, 0.6) is 0 Å². The van der Waals surface area contributed by atoms with E-state index in [0.29, 0.717) is 13.2 Å². The van der Waals surface area contributed by atoms with Gasteiger partial charge in [-0.15, -0.1) is 0 Å². The molecule has 0 atom stereocenters. The Morgan fingerprint density at radius 1 is 1.47 bits per heavy atom. The third-order valence-electron chi connectivity index (χ3n) is 2.42. The van der Waals surface area contributed by atoms with Gasteiger partial charge in [-0.25, -0.2) is 0 Å². The lowest BCUT2D eigenvalue weighted by atomic mass is 10.4. The summed E-state index contributed by atoms with van der Waals surface area (Å²) < 4.78 is 10.2. The lowest BCUT2D eigenvalue weighted by Crippen LogP contribution is -2.31. The molecule has 0 heterocycles. The fourth-order valence-electron chi connectivity index (χ4n) is 1.34. The Hall–Kier alpha value is -0.450. The van der Waals surface area contributed by atoms with Crippen LogP contribution < -0.4 is 0 Å². The second-order valence-corrected chi connectivity index (χ2v) is 4.23. The summed E-state index contributed by atoms with van der Waals surface area (Å²) in [7, 11) is 3.46. The van der Waals surface area contributed by atoms with Crippen molar-refractivity contribution in [3.8, 4) is 0 Å². The molecular formula is C11H21NO3. The zero-order valence-electron chi connectivity index (χ0n) is 9.70. The van der Waals surface area contributed by atoms with Gasteiger partial charge in [0.05, 0.1) is 13.2 Å². The van der Waals surface area contributed by atoms with Crippen LogP contribution in [0.25, 0.3) is 0 Å². The molecule has 1 aliphatic carbocycles. The zero-order chi connectivity index (χ0) is 11.1. The highest BCUT2D eigenvalue weighted by molar-refractivity contribution is 5.81. The first-order valence-corrected chi connectivity index (χ1v) is 5.49. The molecule has 0 unspecified atom stereocenters. The van der Waals surface area contributed by atoms with Crippen LogP contribution in [0.3, 0.4) is 0 Å². The Balaban J connectivity index is 1.91. The Labute approximate surface area is 91.5 Å². The van der Waals surface area contributed by atoms with Crippen LogP contribution >= 0.6 is 0 Å². The minimum atomic E-state index is 0.113. The van der Waals surface area contributed by atoms with Crippen molar-refractivity contribution in [2.24, 2.45) is 5.92 Å². The van der Waals surface area contributed by atoms with Gasteiger partial charge < -0.3 is 9.47 Å². The van der Waals surface area contributed by atoms with E-state index in [-0.39, 0.29) is 12.4 Å². The molecule has 1 fully saturated rings. The number of hydrogen-bond donors (Lipinski definition) is 0. The largest absolute Gasteiger partial charge is 0.380 e. The number of hydrogen-bond acceptors (Lipinski definition) is 4. The Kier molecular flexibility index (Phi) is 5.83. The molecule has 0 bridgehead atoms. The molecule has 0 aromatic rings. The fourth-order valence-corrected chi connectivity index (χ4v) is 1.34. The smallest absolute Gasteiger partial charge is 0.172 e. The van der Waals surface area contributed by atoms with Crippen molar-refractivity contribution >= 4 is 5.78 Å². The molecule has 4 nitrogen and oxygen atoms in total. The average Bonchev–Trinajstić information content (AvgIpc) is 2.96. The second kappa shape index (κ2) is 6.93. The number of nitrogens with zero attached hydrogens (tertiary/aromatic N) is 1. The van der Waals surface area contributed by atoms with E-state index >= 15 is 0 Å². The summed E-state index contributed by atoms with van der Waals surface area (Å²) in [6, 6.07) is 0. The Morgan fingerprint density at radius 2 is 2.20 bits per heavy atom. The molecule has 1 rings (SSSR count). The third-order valence-corrected chi connectivity index (χ3v) is 2.42. The highest BCUT2D eigenvalue weighted by Gasteiger charge is 2.20.